The van der Waals surface area contributed by atoms with Crippen molar-refractivity contribution in [3.63, 3.8) is 0 Å². The van der Waals surface area contributed by atoms with Crippen molar-refractivity contribution in [3.05, 3.63) is 66.4 Å². The van der Waals surface area contributed by atoms with Crippen molar-refractivity contribution in [2.75, 3.05) is 5.32 Å². The molecule has 0 saturated heterocycles. The molecule has 1 aromatic heterocycles. The van der Waals surface area contributed by atoms with E-state index in [2.05, 4.69) is 10.5 Å². The second kappa shape index (κ2) is 6.26. The maximum atomic E-state index is 12.2. The average Bonchev–Trinajstić information content (AvgIpc) is 3.05. The van der Waals surface area contributed by atoms with Gasteiger partial charge in [0.15, 0.2) is 0 Å². The first-order chi connectivity index (χ1) is 11.4. The standard InChI is InChI=1S/C16H13N3O4S/c17-24(21,22)13-8-6-12(7-9-13)18-16(20)15-10-14(19-23-15)11-4-2-1-3-5-11/h1-10H,(H,18,20)(H2,17,21,22). The van der Waals surface area contributed by atoms with Crippen LogP contribution in [0.4, 0.5) is 5.69 Å². The summed E-state index contributed by atoms with van der Waals surface area (Å²) in [5.74, 6) is -0.447. The maximum absolute atomic E-state index is 12.2. The lowest BCUT2D eigenvalue weighted by atomic mass is 10.1. The highest BCUT2D eigenvalue weighted by Gasteiger charge is 2.15. The smallest absolute Gasteiger partial charge is 0.294 e. The topological polar surface area (TPSA) is 115 Å². The zero-order valence-corrected chi connectivity index (χ0v) is 13.2. The van der Waals surface area contributed by atoms with Gasteiger partial charge in [0.1, 0.15) is 5.69 Å². The number of anilines is 1. The number of primary sulfonamides is 1. The van der Waals surface area contributed by atoms with Gasteiger partial charge in [-0.2, -0.15) is 0 Å². The number of nitrogens with two attached hydrogens (primary N) is 1. The highest BCUT2D eigenvalue weighted by molar-refractivity contribution is 7.89. The molecule has 0 fully saturated rings. The molecule has 3 aromatic rings. The zero-order valence-electron chi connectivity index (χ0n) is 12.3. The van der Waals surface area contributed by atoms with Crippen LogP contribution in [0.25, 0.3) is 11.3 Å². The summed E-state index contributed by atoms with van der Waals surface area (Å²) in [7, 11) is -3.77. The Morgan fingerprint density at radius 2 is 1.71 bits per heavy atom. The summed E-state index contributed by atoms with van der Waals surface area (Å²) in [6, 6.07) is 16.3. The van der Waals surface area contributed by atoms with Gasteiger partial charge in [0.2, 0.25) is 15.8 Å². The number of carbonyl (C=O) groups excluding carboxylic acids is 1. The molecular formula is C16H13N3O4S. The Hall–Kier alpha value is -2.97. The fourth-order valence-corrected chi connectivity index (χ4v) is 2.56. The maximum Gasteiger partial charge on any atom is 0.294 e. The molecule has 0 atom stereocenters. The number of aromatic nitrogens is 1. The molecule has 0 aliphatic rings. The summed E-state index contributed by atoms with van der Waals surface area (Å²) in [6.07, 6.45) is 0. The molecule has 0 bridgehead atoms. The third-order valence-electron chi connectivity index (χ3n) is 3.24. The van der Waals surface area contributed by atoms with E-state index < -0.39 is 15.9 Å². The van der Waals surface area contributed by atoms with Gasteiger partial charge in [-0.3, -0.25) is 4.79 Å². The van der Waals surface area contributed by atoms with Gasteiger partial charge in [-0.1, -0.05) is 35.5 Å². The first-order valence-corrected chi connectivity index (χ1v) is 8.44. The van der Waals surface area contributed by atoms with E-state index in [9.17, 15) is 13.2 Å². The van der Waals surface area contributed by atoms with Crippen molar-refractivity contribution < 1.29 is 17.7 Å². The summed E-state index contributed by atoms with van der Waals surface area (Å²) >= 11 is 0. The number of nitrogens with zero attached hydrogens (tertiary/aromatic N) is 1. The Morgan fingerprint density at radius 1 is 1.04 bits per heavy atom. The van der Waals surface area contributed by atoms with Gasteiger partial charge in [0.05, 0.1) is 4.90 Å². The van der Waals surface area contributed by atoms with Crippen molar-refractivity contribution in [1.82, 2.24) is 5.16 Å². The predicted molar refractivity (Wildman–Crippen MR) is 87.7 cm³/mol. The van der Waals surface area contributed by atoms with Gasteiger partial charge in [0.25, 0.3) is 5.91 Å². The molecule has 8 heteroatoms. The Bertz CT molecular complexity index is 964. The molecule has 0 aliphatic carbocycles. The van der Waals surface area contributed by atoms with Crippen molar-refractivity contribution in [2.45, 2.75) is 4.90 Å². The number of rotatable bonds is 4. The van der Waals surface area contributed by atoms with Crippen LogP contribution in [-0.2, 0) is 10.0 Å². The van der Waals surface area contributed by atoms with Gasteiger partial charge in [-0.15, -0.1) is 0 Å². The van der Waals surface area contributed by atoms with Crippen LogP contribution in [0.3, 0.4) is 0 Å². The lowest BCUT2D eigenvalue weighted by Crippen LogP contribution is -2.13. The zero-order chi connectivity index (χ0) is 17.2. The second-order valence-electron chi connectivity index (χ2n) is 4.97. The normalized spacial score (nSPS) is 11.2. The molecule has 0 spiro atoms. The van der Waals surface area contributed by atoms with Crippen molar-refractivity contribution in [3.8, 4) is 11.3 Å². The molecule has 0 unspecified atom stereocenters. The van der Waals surface area contributed by atoms with Crippen LogP contribution < -0.4 is 10.5 Å². The molecule has 24 heavy (non-hydrogen) atoms. The van der Waals surface area contributed by atoms with Gasteiger partial charge < -0.3 is 9.84 Å². The van der Waals surface area contributed by atoms with Crippen LogP contribution in [0.2, 0.25) is 0 Å². The van der Waals surface area contributed by atoms with E-state index in [0.717, 1.165) is 5.56 Å². The number of amides is 1. The Balaban J connectivity index is 1.75. The van der Waals surface area contributed by atoms with Crippen molar-refractivity contribution in [1.29, 1.82) is 0 Å². The monoisotopic (exact) mass is 343 g/mol. The number of sulfonamides is 1. The molecule has 7 nitrogen and oxygen atoms in total. The van der Waals surface area contributed by atoms with Crippen LogP contribution >= 0.6 is 0 Å². The largest absolute Gasteiger partial charge is 0.350 e. The third-order valence-corrected chi connectivity index (χ3v) is 4.17. The van der Waals surface area contributed by atoms with Gasteiger partial charge >= 0.3 is 0 Å². The molecule has 122 valence electrons. The van der Waals surface area contributed by atoms with E-state index >= 15 is 0 Å². The molecular weight excluding hydrogens is 330 g/mol. The van der Waals surface area contributed by atoms with E-state index in [1.807, 2.05) is 30.3 Å². The lowest BCUT2D eigenvalue weighted by Gasteiger charge is -2.03. The minimum Gasteiger partial charge on any atom is -0.350 e. The van der Waals surface area contributed by atoms with Crippen LogP contribution in [0.15, 0.2) is 70.1 Å². The fourth-order valence-electron chi connectivity index (χ4n) is 2.05. The van der Waals surface area contributed by atoms with E-state index in [1.54, 1.807) is 0 Å². The van der Waals surface area contributed by atoms with Crippen LogP contribution in [0, 0.1) is 0 Å². The molecule has 2 aromatic carbocycles. The first-order valence-electron chi connectivity index (χ1n) is 6.90. The SMILES string of the molecule is NS(=O)(=O)c1ccc(NC(=O)c2cc(-c3ccccc3)no2)cc1. The average molecular weight is 343 g/mol. The summed E-state index contributed by atoms with van der Waals surface area (Å²) in [4.78, 5) is 12.1. The van der Waals surface area contributed by atoms with Gasteiger partial charge in [-0.05, 0) is 24.3 Å². The van der Waals surface area contributed by atoms with E-state index in [-0.39, 0.29) is 10.7 Å². The number of nitrogens with one attached hydrogen (secondary N) is 1. The van der Waals surface area contributed by atoms with E-state index in [4.69, 9.17) is 9.66 Å². The molecule has 0 aliphatic heterocycles. The van der Waals surface area contributed by atoms with Crippen molar-refractivity contribution in [2.24, 2.45) is 5.14 Å². The third kappa shape index (κ3) is 3.50. The predicted octanol–water partition coefficient (Wildman–Crippen LogP) is 2.24. The molecule has 0 saturated carbocycles. The first kappa shape index (κ1) is 15.9. The van der Waals surface area contributed by atoms with Gasteiger partial charge in [-0.25, -0.2) is 13.6 Å². The highest BCUT2D eigenvalue weighted by Crippen LogP contribution is 2.19. The lowest BCUT2D eigenvalue weighted by molar-refractivity contribution is 0.0988. The number of carbonyl (C=O) groups is 1. The van der Waals surface area contributed by atoms with Crippen LogP contribution in [0.1, 0.15) is 10.6 Å². The van der Waals surface area contributed by atoms with Crippen LogP contribution in [-0.4, -0.2) is 19.5 Å². The fraction of sp³-hybridized carbons (Fsp3) is 0. The number of benzene rings is 2. The van der Waals surface area contributed by atoms with Gasteiger partial charge in [0, 0.05) is 17.3 Å². The van der Waals surface area contributed by atoms with E-state index in [0.29, 0.717) is 11.4 Å². The molecule has 1 heterocycles. The molecule has 1 amide bonds. The molecule has 3 rings (SSSR count). The quantitative estimate of drug-likeness (QED) is 0.754. The van der Waals surface area contributed by atoms with Crippen molar-refractivity contribution >= 4 is 21.6 Å². The summed E-state index contributed by atoms with van der Waals surface area (Å²) < 4.78 is 27.4. The second-order valence-corrected chi connectivity index (χ2v) is 6.53. The summed E-state index contributed by atoms with van der Waals surface area (Å²) in [5.41, 5.74) is 1.79. The minimum atomic E-state index is -3.77. The minimum absolute atomic E-state index is 0.0356. The summed E-state index contributed by atoms with van der Waals surface area (Å²) in [6.45, 7) is 0. The van der Waals surface area contributed by atoms with E-state index in [1.165, 1.54) is 30.3 Å². The Labute approximate surface area is 138 Å². The highest BCUT2D eigenvalue weighted by atomic mass is 32.2. The number of hydrogen-bond donors (Lipinski definition) is 2. The Morgan fingerprint density at radius 3 is 2.33 bits per heavy atom. The van der Waals surface area contributed by atoms with Crippen LogP contribution in [0.5, 0.6) is 0 Å². The molecule has 0 radical (unpaired) electrons. The number of hydrogen-bond acceptors (Lipinski definition) is 5. The Kier molecular flexibility index (Phi) is 4.15. The molecule has 3 N–H and O–H groups in total. The summed E-state index contributed by atoms with van der Waals surface area (Å²) in [5, 5.41) is 11.5.